The monoisotopic (exact) mass is 325 g/mol. The van der Waals surface area contributed by atoms with Gasteiger partial charge in [-0.15, -0.1) is 0 Å². The van der Waals surface area contributed by atoms with Crippen molar-refractivity contribution in [2.24, 2.45) is 0 Å². The summed E-state index contributed by atoms with van der Waals surface area (Å²) in [7, 11) is 0. The van der Waals surface area contributed by atoms with Crippen molar-refractivity contribution in [2.45, 2.75) is 137 Å². The van der Waals surface area contributed by atoms with Gasteiger partial charge in [0, 0.05) is 11.6 Å². The first kappa shape index (κ1) is 23.0. The maximum absolute atomic E-state index is 3.02. The van der Waals surface area contributed by atoms with Crippen molar-refractivity contribution in [3.05, 3.63) is 0 Å². The van der Waals surface area contributed by atoms with Gasteiger partial charge in [-0.2, -0.15) is 0 Å². The van der Waals surface area contributed by atoms with E-state index >= 15 is 0 Å². The Hall–Kier alpha value is -0.0400. The van der Waals surface area contributed by atoms with Crippen LogP contribution in [0.15, 0.2) is 0 Å². The van der Waals surface area contributed by atoms with Crippen LogP contribution < -0.4 is 0 Å². The Bertz CT molecular complexity index is 236. The van der Waals surface area contributed by atoms with E-state index < -0.39 is 0 Å². The van der Waals surface area contributed by atoms with Crippen molar-refractivity contribution < 1.29 is 0 Å². The third-order valence-electron chi connectivity index (χ3n) is 5.47. The third-order valence-corrected chi connectivity index (χ3v) is 5.47. The molecule has 0 rings (SSSR count). The van der Waals surface area contributed by atoms with E-state index in [2.05, 4.69) is 46.4 Å². The quantitative estimate of drug-likeness (QED) is 0.282. The topological polar surface area (TPSA) is 3.24 Å². The van der Waals surface area contributed by atoms with Gasteiger partial charge in [-0.3, -0.25) is 4.90 Å². The lowest BCUT2D eigenvalue weighted by molar-refractivity contribution is 0.00848. The van der Waals surface area contributed by atoms with Crippen LogP contribution in [0.1, 0.15) is 125 Å². The summed E-state index contributed by atoms with van der Waals surface area (Å²) in [5.41, 5.74) is 0.476. The third kappa shape index (κ3) is 8.05. The second kappa shape index (κ2) is 14.3. The molecule has 0 aromatic heterocycles. The van der Waals surface area contributed by atoms with Crippen LogP contribution in [0.5, 0.6) is 0 Å². The second-order valence-electron chi connectivity index (χ2n) is 7.61. The molecule has 0 saturated heterocycles. The zero-order chi connectivity index (χ0) is 17.6. The Balaban J connectivity index is 5.51. The smallest absolute Gasteiger partial charge is 0.0212 e. The molecule has 0 aromatic rings. The van der Waals surface area contributed by atoms with Crippen LogP contribution >= 0.6 is 0 Å². The van der Waals surface area contributed by atoms with Crippen LogP contribution in [-0.4, -0.2) is 23.0 Å². The fourth-order valence-corrected chi connectivity index (χ4v) is 4.50. The molecule has 0 aliphatic rings. The molecule has 0 heterocycles. The average molecular weight is 326 g/mol. The van der Waals surface area contributed by atoms with Gasteiger partial charge in [0.05, 0.1) is 0 Å². The Morgan fingerprint density at radius 2 is 1.13 bits per heavy atom. The van der Waals surface area contributed by atoms with Gasteiger partial charge < -0.3 is 0 Å². The fourth-order valence-electron chi connectivity index (χ4n) is 4.50. The maximum Gasteiger partial charge on any atom is 0.0212 e. The molecule has 0 N–H and O–H groups in total. The van der Waals surface area contributed by atoms with Crippen LogP contribution in [0.4, 0.5) is 0 Å². The molecule has 0 atom stereocenters. The molecule has 0 unspecified atom stereocenters. The largest absolute Gasteiger partial charge is 0.295 e. The number of hydrogen-bond donors (Lipinski definition) is 0. The van der Waals surface area contributed by atoms with Crippen molar-refractivity contribution in [3.8, 4) is 0 Å². The Labute approximate surface area is 148 Å². The van der Waals surface area contributed by atoms with Crippen molar-refractivity contribution in [3.63, 3.8) is 0 Å². The van der Waals surface area contributed by atoms with E-state index in [1.165, 1.54) is 90.0 Å². The lowest BCUT2D eigenvalue weighted by Crippen LogP contribution is -2.54. The predicted molar refractivity (Wildman–Crippen MR) is 107 cm³/mol. The zero-order valence-electron chi connectivity index (χ0n) is 17.4. The SMILES string of the molecule is CCCCN(C(CCC)CCC)C(CCC)(CCC)CCCC. The lowest BCUT2D eigenvalue weighted by Gasteiger charge is -2.49. The van der Waals surface area contributed by atoms with Gasteiger partial charge in [0.25, 0.3) is 0 Å². The highest BCUT2D eigenvalue weighted by Gasteiger charge is 2.37. The first-order chi connectivity index (χ1) is 11.2. The second-order valence-corrected chi connectivity index (χ2v) is 7.61. The van der Waals surface area contributed by atoms with Gasteiger partial charge in [-0.25, -0.2) is 0 Å². The van der Waals surface area contributed by atoms with E-state index in [4.69, 9.17) is 0 Å². The normalized spacial score (nSPS) is 12.5. The summed E-state index contributed by atoms with van der Waals surface area (Å²) in [6.07, 6.45) is 17.7. The summed E-state index contributed by atoms with van der Waals surface area (Å²) in [4.78, 5) is 3.02. The maximum atomic E-state index is 3.02. The Morgan fingerprint density at radius 1 is 0.609 bits per heavy atom. The van der Waals surface area contributed by atoms with E-state index in [1.807, 2.05) is 0 Å². The standard InChI is InChI=1S/C22H47N/c1-7-13-19-22(17-11-5,18-12-6)23(20-14-8-2)21(15-9-3)16-10-4/h21H,7-20H2,1-6H3. The molecule has 23 heavy (non-hydrogen) atoms. The summed E-state index contributed by atoms with van der Waals surface area (Å²) in [5.74, 6) is 0. The van der Waals surface area contributed by atoms with Gasteiger partial charge in [0.15, 0.2) is 0 Å². The molecule has 0 radical (unpaired) electrons. The Kier molecular flexibility index (Phi) is 14.3. The highest BCUT2D eigenvalue weighted by atomic mass is 15.2. The van der Waals surface area contributed by atoms with E-state index in [1.54, 1.807) is 0 Å². The van der Waals surface area contributed by atoms with Crippen molar-refractivity contribution >= 4 is 0 Å². The number of nitrogens with zero attached hydrogens (tertiary/aromatic N) is 1. The number of hydrogen-bond acceptors (Lipinski definition) is 1. The molecule has 0 amide bonds. The van der Waals surface area contributed by atoms with Crippen molar-refractivity contribution in [2.75, 3.05) is 6.54 Å². The van der Waals surface area contributed by atoms with Gasteiger partial charge in [0.2, 0.25) is 0 Å². The van der Waals surface area contributed by atoms with Crippen LogP contribution in [0.3, 0.4) is 0 Å². The molecular formula is C22H47N. The number of unbranched alkanes of at least 4 members (excludes halogenated alkanes) is 2. The van der Waals surface area contributed by atoms with Gasteiger partial charge in [0.1, 0.15) is 0 Å². The molecule has 140 valence electrons. The van der Waals surface area contributed by atoms with Crippen LogP contribution in [0.2, 0.25) is 0 Å². The summed E-state index contributed by atoms with van der Waals surface area (Å²) >= 11 is 0. The van der Waals surface area contributed by atoms with Gasteiger partial charge in [-0.1, -0.05) is 86.5 Å². The summed E-state index contributed by atoms with van der Waals surface area (Å²) < 4.78 is 0. The van der Waals surface area contributed by atoms with Crippen molar-refractivity contribution in [1.82, 2.24) is 4.90 Å². The molecule has 0 spiro atoms. The minimum Gasteiger partial charge on any atom is -0.295 e. The highest BCUT2D eigenvalue weighted by molar-refractivity contribution is 4.93. The van der Waals surface area contributed by atoms with E-state index in [9.17, 15) is 0 Å². The van der Waals surface area contributed by atoms with Crippen molar-refractivity contribution in [1.29, 1.82) is 0 Å². The Morgan fingerprint density at radius 3 is 1.52 bits per heavy atom. The predicted octanol–water partition coefficient (Wildman–Crippen LogP) is 7.59. The van der Waals surface area contributed by atoms with E-state index in [-0.39, 0.29) is 0 Å². The molecule has 0 aromatic carbocycles. The molecule has 0 bridgehead atoms. The molecule has 1 heteroatoms. The van der Waals surface area contributed by atoms with Gasteiger partial charge in [-0.05, 0) is 45.1 Å². The highest BCUT2D eigenvalue weighted by Crippen LogP contribution is 2.36. The van der Waals surface area contributed by atoms with E-state index in [0.717, 1.165) is 6.04 Å². The first-order valence-electron chi connectivity index (χ1n) is 10.9. The zero-order valence-corrected chi connectivity index (χ0v) is 17.4. The summed E-state index contributed by atoms with van der Waals surface area (Å²) in [6, 6.07) is 0.812. The first-order valence-corrected chi connectivity index (χ1v) is 10.9. The molecule has 1 nitrogen and oxygen atoms in total. The van der Waals surface area contributed by atoms with Crippen LogP contribution in [0, 0.1) is 0 Å². The lowest BCUT2D eigenvalue weighted by atomic mass is 9.80. The minimum atomic E-state index is 0.476. The molecular weight excluding hydrogens is 278 g/mol. The summed E-state index contributed by atoms with van der Waals surface area (Å²) in [5, 5.41) is 0. The van der Waals surface area contributed by atoms with Crippen LogP contribution in [0.25, 0.3) is 0 Å². The van der Waals surface area contributed by atoms with Gasteiger partial charge >= 0.3 is 0 Å². The molecule has 0 saturated carbocycles. The van der Waals surface area contributed by atoms with Crippen LogP contribution in [-0.2, 0) is 0 Å². The molecule has 0 aliphatic carbocycles. The molecule has 0 fully saturated rings. The van der Waals surface area contributed by atoms with E-state index in [0.29, 0.717) is 5.54 Å². The average Bonchev–Trinajstić information content (AvgIpc) is 2.54. The minimum absolute atomic E-state index is 0.476. The molecule has 0 aliphatic heterocycles. The number of rotatable bonds is 16. The summed E-state index contributed by atoms with van der Waals surface area (Å²) in [6.45, 7) is 15.5. The fraction of sp³-hybridized carbons (Fsp3) is 1.00.